The minimum atomic E-state index is 0.0451. The van der Waals surface area contributed by atoms with Gasteiger partial charge < -0.3 is 9.47 Å². The van der Waals surface area contributed by atoms with Gasteiger partial charge in [-0.3, -0.25) is 0 Å². The van der Waals surface area contributed by atoms with E-state index in [-0.39, 0.29) is 6.29 Å². The fourth-order valence-corrected chi connectivity index (χ4v) is 1.83. The Morgan fingerprint density at radius 3 is 3.00 bits per heavy atom. The molecule has 3 unspecified atom stereocenters. The van der Waals surface area contributed by atoms with Crippen LogP contribution in [0, 0.1) is 0 Å². The summed E-state index contributed by atoms with van der Waals surface area (Å²) in [5.41, 5.74) is 0. The molecule has 3 atom stereocenters. The lowest BCUT2D eigenvalue weighted by Crippen LogP contribution is -2.28. The Hall–Kier alpha value is 0.400. The third-order valence-corrected chi connectivity index (χ3v) is 2.72. The maximum atomic E-state index is 5.44. The highest BCUT2D eigenvalue weighted by Crippen LogP contribution is 2.31. The molecule has 0 aromatic carbocycles. The maximum Gasteiger partial charge on any atom is 0.170 e. The van der Waals surface area contributed by atoms with Crippen LogP contribution in [0.25, 0.3) is 0 Å². The van der Waals surface area contributed by atoms with Gasteiger partial charge in [-0.05, 0) is 12.8 Å². The van der Waals surface area contributed by atoms with E-state index in [0.29, 0.717) is 10.9 Å². The SMILES string of the molecule is BrC1CCC2COC1O2. The Labute approximate surface area is 62.6 Å². The van der Waals surface area contributed by atoms with Gasteiger partial charge in [0.05, 0.1) is 17.5 Å². The molecule has 2 saturated heterocycles. The molecule has 2 fully saturated rings. The predicted molar refractivity (Wildman–Crippen MR) is 36.6 cm³/mol. The molecule has 0 aromatic heterocycles. The summed E-state index contributed by atoms with van der Waals surface area (Å²) in [5, 5.41) is 0. The standard InChI is InChI=1S/C6H9BrO2/c7-5-2-1-4-3-8-6(5)9-4/h4-6H,1-3H2. The lowest BCUT2D eigenvalue weighted by Gasteiger charge is -2.22. The Morgan fingerprint density at radius 2 is 2.22 bits per heavy atom. The first-order chi connectivity index (χ1) is 4.36. The van der Waals surface area contributed by atoms with Crippen LogP contribution >= 0.6 is 15.9 Å². The van der Waals surface area contributed by atoms with E-state index in [1.165, 1.54) is 6.42 Å². The van der Waals surface area contributed by atoms with Crippen LogP contribution in [0.1, 0.15) is 12.8 Å². The minimum absolute atomic E-state index is 0.0451. The number of ether oxygens (including phenoxy) is 2. The molecule has 2 heterocycles. The Morgan fingerprint density at radius 1 is 1.33 bits per heavy atom. The second-order valence-electron chi connectivity index (χ2n) is 2.55. The van der Waals surface area contributed by atoms with Gasteiger partial charge in [-0.15, -0.1) is 0 Å². The second-order valence-corrected chi connectivity index (χ2v) is 3.73. The minimum Gasteiger partial charge on any atom is -0.349 e. The van der Waals surface area contributed by atoms with Gasteiger partial charge in [-0.25, -0.2) is 0 Å². The molecule has 0 aliphatic carbocycles. The van der Waals surface area contributed by atoms with Gasteiger partial charge in [0, 0.05) is 0 Å². The predicted octanol–water partition coefficient (Wildman–Crippen LogP) is 1.29. The molecule has 2 nitrogen and oxygen atoms in total. The lowest BCUT2D eigenvalue weighted by atomic mass is 10.1. The first-order valence-electron chi connectivity index (χ1n) is 3.27. The van der Waals surface area contributed by atoms with Crippen molar-refractivity contribution >= 4 is 15.9 Å². The molecule has 0 saturated carbocycles. The molecule has 52 valence electrons. The lowest BCUT2D eigenvalue weighted by molar-refractivity contribution is -0.0750. The zero-order chi connectivity index (χ0) is 6.27. The molecule has 0 spiro atoms. The number of alkyl halides is 1. The molecule has 2 rings (SSSR count). The van der Waals surface area contributed by atoms with E-state index < -0.39 is 0 Å². The van der Waals surface area contributed by atoms with Crippen LogP contribution < -0.4 is 0 Å². The van der Waals surface area contributed by atoms with E-state index in [9.17, 15) is 0 Å². The van der Waals surface area contributed by atoms with Gasteiger partial charge in [0.15, 0.2) is 6.29 Å². The highest BCUT2D eigenvalue weighted by Gasteiger charge is 2.36. The molecule has 9 heavy (non-hydrogen) atoms. The summed E-state index contributed by atoms with van der Waals surface area (Å²) in [6.07, 6.45) is 2.77. The van der Waals surface area contributed by atoms with Gasteiger partial charge in [0.1, 0.15) is 0 Å². The topological polar surface area (TPSA) is 18.5 Å². The molecule has 0 radical (unpaired) electrons. The third-order valence-electron chi connectivity index (χ3n) is 1.83. The van der Waals surface area contributed by atoms with Crippen molar-refractivity contribution in [1.29, 1.82) is 0 Å². The van der Waals surface area contributed by atoms with Gasteiger partial charge in [0.25, 0.3) is 0 Å². The number of halogens is 1. The van der Waals surface area contributed by atoms with Crippen molar-refractivity contribution in [2.75, 3.05) is 6.61 Å². The third kappa shape index (κ3) is 1.02. The van der Waals surface area contributed by atoms with Crippen LogP contribution in [0.15, 0.2) is 0 Å². The van der Waals surface area contributed by atoms with E-state index in [2.05, 4.69) is 15.9 Å². The highest BCUT2D eigenvalue weighted by atomic mass is 79.9. The second kappa shape index (κ2) is 2.22. The highest BCUT2D eigenvalue weighted by molar-refractivity contribution is 9.09. The molecular formula is C6H9BrO2. The van der Waals surface area contributed by atoms with Crippen molar-refractivity contribution in [3.05, 3.63) is 0 Å². The molecule has 0 amide bonds. The Balaban J connectivity index is 2.05. The number of hydrogen-bond donors (Lipinski definition) is 0. The van der Waals surface area contributed by atoms with Crippen LogP contribution in [0.5, 0.6) is 0 Å². The van der Waals surface area contributed by atoms with Crippen LogP contribution in [-0.2, 0) is 9.47 Å². The van der Waals surface area contributed by atoms with E-state index in [4.69, 9.17) is 9.47 Å². The first-order valence-corrected chi connectivity index (χ1v) is 4.19. The molecule has 2 aliphatic rings. The zero-order valence-electron chi connectivity index (χ0n) is 5.05. The molecular weight excluding hydrogens is 184 g/mol. The first kappa shape index (κ1) is 6.13. The largest absolute Gasteiger partial charge is 0.349 e. The summed E-state index contributed by atoms with van der Waals surface area (Å²) >= 11 is 3.49. The van der Waals surface area contributed by atoms with Crippen molar-refractivity contribution < 1.29 is 9.47 Å². The molecule has 2 bridgehead atoms. The van der Waals surface area contributed by atoms with E-state index in [1.54, 1.807) is 0 Å². The number of fused-ring (bicyclic) bond motifs is 2. The Kier molecular flexibility index (Phi) is 1.51. The average Bonchev–Trinajstić information content (AvgIpc) is 2.25. The summed E-state index contributed by atoms with van der Waals surface area (Å²) in [6, 6.07) is 0. The fourth-order valence-electron chi connectivity index (χ4n) is 1.29. The fraction of sp³-hybridized carbons (Fsp3) is 1.00. The van der Waals surface area contributed by atoms with Crippen molar-refractivity contribution in [3.63, 3.8) is 0 Å². The van der Waals surface area contributed by atoms with Gasteiger partial charge in [0.2, 0.25) is 0 Å². The van der Waals surface area contributed by atoms with Crippen LogP contribution in [0.3, 0.4) is 0 Å². The number of rotatable bonds is 0. The Bertz CT molecular complexity index is 118. The van der Waals surface area contributed by atoms with Crippen molar-refractivity contribution in [3.8, 4) is 0 Å². The maximum absolute atomic E-state index is 5.44. The van der Waals surface area contributed by atoms with Gasteiger partial charge in [-0.2, -0.15) is 0 Å². The van der Waals surface area contributed by atoms with Gasteiger partial charge >= 0.3 is 0 Å². The summed E-state index contributed by atoms with van der Waals surface area (Å²) in [6.45, 7) is 0.798. The van der Waals surface area contributed by atoms with E-state index in [1.807, 2.05) is 0 Å². The van der Waals surface area contributed by atoms with Crippen LogP contribution in [0.4, 0.5) is 0 Å². The molecule has 0 N–H and O–H groups in total. The quantitative estimate of drug-likeness (QED) is 0.539. The van der Waals surface area contributed by atoms with Crippen molar-refractivity contribution in [2.45, 2.75) is 30.1 Å². The van der Waals surface area contributed by atoms with Crippen LogP contribution in [-0.4, -0.2) is 23.8 Å². The number of hydrogen-bond acceptors (Lipinski definition) is 2. The molecule has 3 heteroatoms. The average molecular weight is 193 g/mol. The van der Waals surface area contributed by atoms with Crippen molar-refractivity contribution in [2.24, 2.45) is 0 Å². The zero-order valence-corrected chi connectivity index (χ0v) is 6.63. The molecule has 2 aliphatic heterocycles. The summed E-state index contributed by atoms with van der Waals surface area (Å²) in [7, 11) is 0. The molecule has 0 aromatic rings. The van der Waals surface area contributed by atoms with Gasteiger partial charge in [-0.1, -0.05) is 15.9 Å². The summed E-state index contributed by atoms with van der Waals surface area (Å²) in [4.78, 5) is 0.427. The van der Waals surface area contributed by atoms with Crippen LogP contribution in [0.2, 0.25) is 0 Å². The summed E-state index contributed by atoms with van der Waals surface area (Å²) < 4.78 is 10.8. The van der Waals surface area contributed by atoms with Crippen molar-refractivity contribution in [1.82, 2.24) is 0 Å². The van der Waals surface area contributed by atoms with E-state index in [0.717, 1.165) is 13.0 Å². The smallest absolute Gasteiger partial charge is 0.170 e. The normalized spacial score (nSPS) is 49.7. The monoisotopic (exact) mass is 192 g/mol. The summed E-state index contributed by atoms with van der Waals surface area (Å²) in [5.74, 6) is 0. The van der Waals surface area contributed by atoms with E-state index >= 15 is 0 Å².